The van der Waals surface area contributed by atoms with Crippen LogP contribution in [-0.2, 0) is 23.9 Å². The Morgan fingerprint density at radius 1 is 1.02 bits per heavy atom. The number of carbonyl (C=O) groups is 4. The Balaban J connectivity index is 1.58. The molecule has 3 heterocycles. The van der Waals surface area contributed by atoms with Gasteiger partial charge in [-0.05, 0) is 76.5 Å². The minimum absolute atomic E-state index is 0.0556. The summed E-state index contributed by atoms with van der Waals surface area (Å²) in [5.41, 5.74) is 4.38. The van der Waals surface area contributed by atoms with Crippen molar-refractivity contribution in [2.45, 2.75) is 103 Å². The summed E-state index contributed by atoms with van der Waals surface area (Å²) >= 11 is 0. The van der Waals surface area contributed by atoms with Crippen molar-refractivity contribution in [3.8, 4) is 0 Å². The molecule has 0 radical (unpaired) electrons. The molecule has 238 valence electrons. The summed E-state index contributed by atoms with van der Waals surface area (Å²) in [6, 6.07) is 7.91. The van der Waals surface area contributed by atoms with Crippen molar-refractivity contribution in [2.75, 3.05) is 6.54 Å². The normalized spacial score (nSPS) is 29.1. The Labute approximate surface area is 258 Å². The van der Waals surface area contributed by atoms with E-state index in [1.54, 1.807) is 27.7 Å². The van der Waals surface area contributed by atoms with E-state index in [9.17, 15) is 24.3 Å². The fraction of sp³-hybridized carbons (Fsp3) is 0.545. The molecule has 0 spiro atoms. The quantitative estimate of drug-likeness (QED) is 0.361. The first kappa shape index (κ1) is 33.1. The van der Waals surface area contributed by atoms with Crippen LogP contribution in [0.2, 0.25) is 0 Å². The lowest BCUT2D eigenvalue weighted by atomic mass is 9.94. The van der Waals surface area contributed by atoms with Gasteiger partial charge < -0.3 is 20.5 Å². The van der Waals surface area contributed by atoms with E-state index in [0.29, 0.717) is 37.9 Å². The highest BCUT2D eigenvalue weighted by atomic mass is 16.5. The monoisotopic (exact) mass is 607 g/mol. The number of ether oxygens (including phenoxy) is 1. The van der Waals surface area contributed by atoms with Crippen LogP contribution in [0.3, 0.4) is 0 Å². The zero-order valence-electron chi connectivity index (χ0n) is 26.3. The van der Waals surface area contributed by atoms with Crippen molar-refractivity contribution < 1.29 is 29.0 Å². The summed E-state index contributed by atoms with van der Waals surface area (Å²) in [6.07, 6.45) is 5.14. The SMILES string of the molecule is CC(C)[C@@H]1OC(=O)CCC(C)(O)CC/C=C/c2ccc3ccc(nc3c2)[C@@H](C)NC(=O)[C@@H]2CCCN(N2)C(=O)[C@H](C)NC1=O. The van der Waals surface area contributed by atoms with Gasteiger partial charge in [0.15, 0.2) is 6.10 Å². The summed E-state index contributed by atoms with van der Waals surface area (Å²) < 4.78 is 5.52. The Bertz CT molecular complexity index is 1410. The molecular formula is C33H45N5O6. The van der Waals surface area contributed by atoms with Gasteiger partial charge in [-0.2, -0.15) is 0 Å². The maximum atomic E-state index is 13.3. The standard InChI is InChI=1S/C33H45N5O6/c1-20(2)29-31(41)35-22(4)32(42)38-18-8-10-26(37-38)30(40)34-21(3)25-14-13-24-12-11-23(19-27(24)36-25)9-6-7-16-33(5,43)17-15-28(39)44-29/h6,9,11-14,19-22,26,29,37,43H,7-8,10,15-18H2,1-5H3,(H,34,40)(H,35,41)/b9-6+/t21-,22+,26+,29+,33?/m1/s1. The molecule has 3 amide bonds. The minimum Gasteiger partial charge on any atom is -0.452 e. The Morgan fingerprint density at radius 2 is 1.75 bits per heavy atom. The van der Waals surface area contributed by atoms with Crippen molar-refractivity contribution in [3.05, 3.63) is 47.7 Å². The average Bonchev–Trinajstić information content (AvgIpc) is 2.99. The number of hydrogen-bond donors (Lipinski definition) is 4. The molecule has 2 aliphatic heterocycles. The van der Waals surface area contributed by atoms with Crippen LogP contribution in [-0.4, -0.2) is 69.1 Å². The van der Waals surface area contributed by atoms with E-state index in [2.05, 4.69) is 16.1 Å². The number of carbonyl (C=O) groups excluding carboxylic acids is 4. The number of hydrazine groups is 1. The highest BCUT2D eigenvalue weighted by Crippen LogP contribution is 2.23. The summed E-state index contributed by atoms with van der Waals surface area (Å²) in [5.74, 6) is -2.17. The summed E-state index contributed by atoms with van der Waals surface area (Å²) in [5, 5.41) is 18.9. The molecule has 11 heteroatoms. The second-order valence-corrected chi connectivity index (χ2v) is 12.6. The van der Waals surface area contributed by atoms with E-state index >= 15 is 0 Å². The smallest absolute Gasteiger partial charge is 0.306 e. The number of aliphatic hydroxyl groups is 1. The fourth-order valence-electron chi connectivity index (χ4n) is 5.41. The third-order valence-electron chi connectivity index (χ3n) is 8.19. The lowest BCUT2D eigenvalue weighted by molar-refractivity contribution is -0.160. The largest absolute Gasteiger partial charge is 0.452 e. The van der Waals surface area contributed by atoms with Crippen LogP contribution >= 0.6 is 0 Å². The minimum atomic E-state index is -1.11. The first-order valence-corrected chi connectivity index (χ1v) is 15.5. The Hall–Kier alpha value is -3.83. The first-order valence-electron chi connectivity index (χ1n) is 15.5. The van der Waals surface area contributed by atoms with Gasteiger partial charge in [-0.25, -0.2) is 5.43 Å². The molecule has 1 saturated heterocycles. The first-order chi connectivity index (χ1) is 20.8. The number of pyridine rings is 1. The molecule has 11 nitrogen and oxygen atoms in total. The molecule has 2 aliphatic rings. The lowest BCUT2D eigenvalue weighted by Crippen LogP contribution is -2.61. The molecule has 5 atom stereocenters. The van der Waals surface area contributed by atoms with Crippen molar-refractivity contribution in [2.24, 2.45) is 5.92 Å². The van der Waals surface area contributed by atoms with Gasteiger partial charge in [-0.1, -0.05) is 44.2 Å². The molecule has 5 bridgehead atoms. The number of amides is 3. The van der Waals surface area contributed by atoms with Crippen molar-refractivity contribution in [1.29, 1.82) is 0 Å². The van der Waals surface area contributed by atoms with Crippen LogP contribution in [0.5, 0.6) is 0 Å². The predicted molar refractivity (Wildman–Crippen MR) is 167 cm³/mol. The topological polar surface area (TPSA) is 150 Å². The van der Waals surface area contributed by atoms with Crippen LogP contribution in [0, 0.1) is 5.92 Å². The third kappa shape index (κ3) is 8.63. The second-order valence-electron chi connectivity index (χ2n) is 12.6. The van der Waals surface area contributed by atoms with Gasteiger partial charge in [-0.3, -0.25) is 29.2 Å². The van der Waals surface area contributed by atoms with Crippen LogP contribution in [0.4, 0.5) is 0 Å². The fourth-order valence-corrected chi connectivity index (χ4v) is 5.41. The highest BCUT2D eigenvalue weighted by Gasteiger charge is 2.34. The number of nitrogens with one attached hydrogen (secondary N) is 3. The van der Waals surface area contributed by atoms with Gasteiger partial charge in [0.2, 0.25) is 5.91 Å². The molecular weight excluding hydrogens is 562 g/mol. The number of fused-ring (bicyclic) bond motifs is 4. The number of aromatic nitrogens is 1. The molecule has 1 aromatic carbocycles. The molecule has 1 fully saturated rings. The number of esters is 1. The van der Waals surface area contributed by atoms with Crippen LogP contribution in [0.1, 0.15) is 90.4 Å². The number of rotatable bonds is 1. The number of benzene rings is 1. The molecule has 2 aromatic rings. The summed E-state index contributed by atoms with van der Waals surface area (Å²) in [7, 11) is 0. The van der Waals surface area contributed by atoms with E-state index in [1.807, 2.05) is 49.4 Å². The van der Waals surface area contributed by atoms with Crippen LogP contribution < -0.4 is 16.1 Å². The summed E-state index contributed by atoms with van der Waals surface area (Å²) in [4.78, 5) is 57.1. The van der Waals surface area contributed by atoms with Gasteiger partial charge in [0.25, 0.3) is 11.8 Å². The van der Waals surface area contributed by atoms with Crippen molar-refractivity contribution >= 4 is 40.7 Å². The number of allylic oxidation sites excluding steroid dienone is 1. The summed E-state index contributed by atoms with van der Waals surface area (Å²) in [6.45, 7) is 9.00. The molecule has 4 rings (SSSR count). The van der Waals surface area contributed by atoms with Crippen LogP contribution in [0.15, 0.2) is 36.4 Å². The zero-order valence-corrected chi connectivity index (χ0v) is 26.3. The van der Waals surface area contributed by atoms with E-state index in [1.165, 1.54) is 5.01 Å². The van der Waals surface area contributed by atoms with Gasteiger partial charge in [-0.15, -0.1) is 0 Å². The molecule has 0 aliphatic carbocycles. The van der Waals surface area contributed by atoms with E-state index < -0.39 is 41.6 Å². The third-order valence-corrected chi connectivity index (χ3v) is 8.19. The molecule has 1 aromatic heterocycles. The molecule has 4 N–H and O–H groups in total. The molecule has 44 heavy (non-hydrogen) atoms. The highest BCUT2D eigenvalue weighted by molar-refractivity contribution is 5.90. The number of cyclic esters (lactones) is 1. The predicted octanol–water partition coefficient (Wildman–Crippen LogP) is 3.32. The van der Waals surface area contributed by atoms with Gasteiger partial charge in [0, 0.05) is 18.4 Å². The molecule has 1 unspecified atom stereocenters. The lowest BCUT2D eigenvalue weighted by Gasteiger charge is -2.35. The average molecular weight is 608 g/mol. The number of nitrogens with zero attached hydrogens (tertiary/aromatic N) is 2. The molecule has 0 saturated carbocycles. The Kier molecular flexibility index (Phi) is 10.7. The van der Waals surface area contributed by atoms with E-state index in [4.69, 9.17) is 9.72 Å². The second kappa shape index (κ2) is 14.3. The number of hydrogen-bond acceptors (Lipinski definition) is 8. The van der Waals surface area contributed by atoms with Gasteiger partial charge in [0.1, 0.15) is 12.1 Å². The van der Waals surface area contributed by atoms with Crippen molar-refractivity contribution in [3.63, 3.8) is 0 Å². The van der Waals surface area contributed by atoms with Gasteiger partial charge >= 0.3 is 5.97 Å². The maximum Gasteiger partial charge on any atom is 0.306 e. The van der Waals surface area contributed by atoms with E-state index in [-0.39, 0.29) is 30.7 Å². The zero-order chi connectivity index (χ0) is 32.0. The van der Waals surface area contributed by atoms with Gasteiger partial charge in [0.05, 0.1) is 22.9 Å². The van der Waals surface area contributed by atoms with Crippen LogP contribution in [0.25, 0.3) is 17.0 Å². The van der Waals surface area contributed by atoms with E-state index in [0.717, 1.165) is 16.5 Å². The van der Waals surface area contributed by atoms with Crippen molar-refractivity contribution in [1.82, 2.24) is 26.1 Å². The Morgan fingerprint density at radius 3 is 2.50 bits per heavy atom. The maximum absolute atomic E-state index is 13.3.